The van der Waals surface area contributed by atoms with Crippen LogP contribution in [-0.4, -0.2) is 41.4 Å². The van der Waals surface area contributed by atoms with Crippen LogP contribution in [0.2, 0.25) is 0 Å². The van der Waals surface area contributed by atoms with Gasteiger partial charge in [-0.05, 0) is 31.2 Å². The highest BCUT2D eigenvalue weighted by molar-refractivity contribution is 7.10. The van der Waals surface area contributed by atoms with Crippen molar-refractivity contribution in [2.75, 3.05) is 13.1 Å². The topological polar surface area (TPSA) is 76.1 Å². The molecule has 0 aromatic carbocycles. The van der Waals surface area contributed by atoms with Crippen LogP contribution in [0.4, 0.5) is 9.59 Å². The smallest absolute Gasteiger partial charge is 0.465 e. The van der Waals surface area contributed by atoms with Gasteiger partial charge < -0.3 is 19.5 Å². The van der Waals surface area contributed by atoms with Crippen molar-refractivity contribution in [2.45, 2.75) is 46.3 Å². The van der Waals surface area contributed by atoms with Gasteiger partial charge in [0.1, 0.15) is 6.10 Å². The van der Waals surface area contributed by atoms with E-state index < -0.39 is 18.4 Å². The van der Waals surface area contributed by atoms with E-state index in [1.165, 1.54) is 16.2 Å². The molecule has 0 aliphatic carbocycles. The van der Waals surface area contributed by atoms with Crippen LogP contribution < -0.4 is 0 Å². The number of hydrogen-bond donors (Lipinski definition) is 1. The minimum atomic E-state index is -0.964. The predicted molar refractivity (Wildman–Crippen MR) is 88.8 cm³/mol. The number of nitrogens with zero attached hydrogens (tertiary/aromatic N) is 1. The Bertz CT molecular complexity index is 487. The lowest BCUT2D eigenvalue weighted by Crippen LogP contribution is -2.34. The number of rotatable bonds is 8. The summed E-state index contributed by atoms with van der Waals surface area (Å²) in [6, 6.07) is 3.73. The first-order valence-corrected chi connectivity index (χ1v) is 8.56. The van der Waals surface area contributed by atoms with Crippen LogP contribution in [0.15, 0.2) is 17.5 Å². The third-order valence-corrected chi connectivity index (χ3v) is 3.91. The normalized spacial score (nSPS) is 12.3. The Morgan fingerprint density at radius 2 is 1.96 bits per heavy atom. The van der Waals surface area contributed by atoms with Crippen molar-refractivity contribution in [3.05, 3.63) is 22.4 Å². The average Bonchev–Trinajstić information content (AvgIpc) is 2.94. The largest absolute Gasteiger partial charge is 0.509 e. The van der Waals surface area contributed by atoms with Crippen LogP contribution in [0.3, 0.4) is 0 Å². The molecule has 0 aliphatic heterocycles. The number of carbonyl (C=O) groups excluding carboxylic acids is 1. The molecule has 0 saturated carbocycles. The molecule has 1 heterocycles. The van der Waals surface area contributed by atoms with Gasteiger partial charge in [-0.1, -0.05) is 19.9 Å². The maximum Gasteiger partial charge on any atom is 0.509 e. The third-order valence-electron chi connectivity index (χ3n) is 2.95. The van der Waals surface area contributed by atoms with Crippen molar-refractivity contribution in [3.8, 4) is 0 Å². The highest BCUT2D eigenvalue weighted by Crippen LogP contribution is 2.27. The number of carboxylic acid groups (broad SMARTS) is 1. The fourth-order valence-corrected chi connectivity index (χ4v) is 2.84. The van der Waals surface area contributed by atoms with Gasteiger partial charge in [-0.3, -0.25) is 0 Å². The van der Waals surface area contributed by atoms with Crippen LogP contribution in [-0.2, 0) is 9.47 Å². The molecule has 7 heteroatoms. The highest BCUT2D eigenvalue weighted by atomic mass is 32.1. The summed E-state index contributed by atoms with van der Waals surface area (Å²) in [5, 5.41) is 11.2. The number of thiophene rings is 1. The second kappa shape index (κ2) is 9.39. The Morgan fingerprint density at radius 1 is 1.26 bits per heavy atom. The monoisotopic (exact) mass is 343 g/mol. The van der Waals surface area contributed by atoms with E-state index >= 15 is 0 Å². The fraction of sp³-hybridized carbons (Fsp3) is 0.625. The van der Waals surface area contributed by atoms with E-state index in [2.05, 4.69) is 0 Å². The van der Waals surface area contributed by atoms with E-state index in [9.17, 15) is 14.7 Å². The van der Waals surface area contributed by atoms with Crippen molar-refractivity contribution in [1.29, 1.82) is 0 Å². The van der Waals surface area contributed by atoms with E-state index in [4.69, 9.17) is 9.47 Å². The standard InChI is InChI=1S/C16H25NO5S/c1-11(2)10-17(15(18)19)8-7-13(14-6-5-9-23-14)22-16(20)21-12(3)4/h5-6,9,11-13H,7-8,10H2,1-4H3,(H,18,19). The minimum absolute atomic E-state index is 0.234. The molecule has 1 N–H and O–H groups in total. The second-order valence-corrected chi connectivity index (χ2v) is 6.93. The molecule has 0 fully saturated rings. The molecular formula is C16H25NO5S. The van der Waals surface area contributed by atoms with Gasteiger partial charge >= 0.3 is 12.2 Å². The second-order valence-electron chi connectivity index (χ2n) is 5.95. The maximum atomic E-state index is 11.7. The van der Waals surface area contributed by atoms with Gasteiger partial charge in [0.2, 0.25) is 0 Å². The molecule has 0 aliphatic rings. The molecule has 0 spiro atoms. The molecule has 130 valence electrons. The first kappa shape index (κ1) is 19.3. The molecule has 0 saturated heterocycles. The first-order chi connectivity index (χ1) is 10.8. The van der Waals surface area contributed by atoms with E-state index in [0.717, 1.165) is 4.88 Å². The summed E-state index contributed by atoms with van der Waals surface area (Å²) in [4.78, 5) is 25.3. The third kappa shape index (κ3) is 7.36. The van der Waals surface area contributed by atoms with E-state index in [-0.39, 0.29) is 12.0 Å². The quantitative estimate of drug-likeness (QED) is 0.709. The number of ether oxygens (including phenoxy) is 2. The average molecular weight is 343 g/mol. The lowest BCUT2D eigenvalue weighted by molar-refractivity contribution is 0.00260. The van der Waals surface area contributed by atoms with Gasteiger partial charge in [0, 0.05) is 24.4 Å². The van der Waals surface area contributed by atoms with Crippen molar-refractivity contribution in [1.82, 2.24) is 4.90 Å². The molecule has 0 radical (unpaired) electrons. The summed E-state index contributed by atoms with van der Waals surface area (Å²) in [5.74, 6) is 0.234. The summed E-state index contributed by atoms with van der Waals surface area (Å²) in [6.07, 6.45) is -2.07. The van der Waals surface area contributed by atoms with Gasteiger partial charge in [-0.25, -0.2) is 9.59 Å². The molecule has 6 nitrogen and oxygen atoms in total. The highest BCUT2D eigenvalue weighted by Gasteiger charge is 2.22. The number of hydrogen-bond acceptors (Lipinski definition) is 5. The van der Waals surface area contributed by atoms with Crippen molar-refractivity contribution in [2.24, 2.45) is 5.92 Å². The SMILES string of the molecule is CC(C)CN(CCC(OC(=O)OC(C)C)c1cccs1)C(=O)O. The van der Waals surface area contributed by atoms with Crippen molar-refractivity contribution < 1.29 is 24.2 Å². The molecule has 1 atom stereocenters. The summed E-state index contributed by atoms with van der Waals surface area (Å²) >= 11 is 1.47. The Hall–Kier alpha value is -1.76. The minimum Gasteiger partial charge on any atom is -0.465 e. The van der Waals surface area contributed by atoms with Crippen molar-refractivity contribution in [3.63, 3.8) is 0 Å². The van der Waals surface area contributed by atoms with Gasteiger partial charge in [-0.2, -0.15) is 0 Å². The molecule has 0 bridgehead atoms. The zero-order valence-corrected chi connectivity index (χ0v) is 14.8. The molecule has 1 unspecified atom stereocenters. The number of amides is 1. The van der Waals surface area contributed by atoms with Gasteiger partial charge in [0.05, 0.1) is 6.10 Å². The van der Waals surface area contributed by atoms with Crippen LogP contribution in [0.25, 0.3) is 0 Å². The maximum absolute atomic E-state index is 11.7. The summed E-state index contributed by atoms with van der Waals surface area (Å²) in [7, 11) is 0. The van der Waals surface area contributed by atoms with Gasteiger partial charge in [0.15, 0.2) is 0 Å². The molecule has 23 heavy (non-hydrogen) atoms. The van der Waals surface area contributed by atoms with Crippen LogP contribution in [0.5, 0.6) is 0 Å². The van der Waals surface area contributed by atoms with Crippen molar-refractivity contribution >= 4 is 23.6 Å². The Kier molecular flexibility index (Phi) is 7.88. The van der Waals surface area contributed by atoms with Crippen LogP contribution in [0.1, 0.15) is 45.1 Å². The Labute approximate surface area is 141 Å². The summed E-state index contributed by atoms with van der Waals surface area (Å²) < 4.78 is 10.4. The zero-order valence-electron chi connectivity index (χ0n) is 14.0. The van der Waals surface area contributed by atoms with Gasteiger partial charge in [-0.15, -0.1) is 11.3 Å². The lowest BCUT2D eigenvalue weighted by Gasteiger charge is -2.24. The lowest BCUT2D eigenvalue weighted by atomic mass is 10.1. The molecular weight excluding hydrogens is 318 g/mol. The van der Waals surface area contributed by atoms with E-state index in [1.807, 2.05) is 31.4 Å². The first-order valence-electron chi connectivity index (χ1n) is 7.68. The molecule has 1 rings (SSSR count). The Morgan fingerprint density at radius 3 is 2.43 bits per heavy atom. The Balaban J connectivity index is 2.69. The van der Waals surface area contributed by atoms with Gasteiger partial charge in [0.25, 0.3) is 0 Å². The van der Waals surface area contributed by atoms with E-state index in [1.54, 1.807) is 13.8 Å². The fourth-order valence-electron chi connectivity index (χ4n) is 2.05. The molecule has 1 amide bonds. The predicted octanol–water partition coefficient (Wildman–Crippen LogP) is 4.38. The van der Waals surface area contributed by atoms with Crippen LogP contribution >= 0.6 is 11.3 Å². The molecule has 1 aromatic rings. The summed E-state index contributed by atoms with van der Waals surface area (Å²) in [6.45, 7) is 8.16. The number of carbonyl (C=O) groups is 2. The zero-order chi connectivity index (χ0) is 17.4. The van der Waals surface area contributed by atoms with Crippen LogP contribution in [0, 0.1) is 5.92 Å². The molecule has 1 aromatic heterocycles. The van der Waals surface area contributed by atoms with E-state index in [0.29, 0.717) is 19.5 Å². The summed E-state index contributed by atoms with van der Waals surface area (Å²) in [5.41, 5.74) is 0.